The molecule has 0 bridgehead atoms. The zero-order valence-electron chi connectivity index (χ0n) is 32.5. The molecule has 2 aromatic carbocycles. The number of H-pyrrole nitrogens is 2. The van der Waals surface area contributed by atoms with Crippen molar-refractivity contribution < 1.29 is 43.5 Å². The Morgan fingerprint density at radius 3 is 1.85 bits per heavy atom. The van der Waals surface area contributed by atoms with Crippen molar-refractivity contribution in [2.24, 2.45) is 11.5 Å². The number of benzene rings is 2. The van der Waals surface area contributed by atoms with E-state index in [1.165, 1.54) is 26.4 Å². The van der Waals surface area contributed by atoms with E-state index in [0.29, 0.717) is 16.8 Å². The third kappa shape index (κ3) is 13.5. The number of nitrogens with two attached hydrogens (primary N) is 2. The van der Waals surface area contributed by atoms with Crippen LogP contribution in [0.15, 0.2) is 73.3 Å². The van der Waals surface area contributed by atoms with E-state index in [1.54, 1.807) is 36.5 Å². The van der Waals surface area contributed by atoms with E-state index in [-0.39, 0.29) is 38.6 Å². The molecule has 0 fully saturated rings. The molecule has 0 unspecified atom stereocenters. The summed E-state index contributed by atoms with van der Waals surface area (Å²) in [7, 11) is 0. The van der Waals surface area contributed by atoms with Crippen molar-refractivity contribution in [1.82, 2.24) is 46.9 Å². The van der Waals surface area contributed by atoms with Crippen LogP contribution in [0, 0.1) is 0 Å². The SMILES string of the molecule is C[C@H](NC(=O)CN)C(=O)N[C@@H](Cc1c[nH]c2ccccc12)C(=O)N[C@@H](C)C(=O)N[C@@H](Cc1ccccc1)C(=O)N[C@@H](Cc1cnc[nH]1)C(=O)N[C@@H](CCC(N)=O)C(=O)O. The number of carboxylic acids is 1. The fourth-order valence-electron chi connectivity index (χ4n) is 6.04. The highest BCUT2D eigenvalue weighted by Crippen LogP contribution is 2.19. The molecule has 13 N–H and O–H groups in total. The number of aliphatic carboxylic acids is 1. The van der Waals surface area contributed by atoms with Crippen molar-refractivity contribution >= 4 is 58.2 Å². The second-order valence-electron chi connectivity index (χ2n) is 13.8. The molecule has 4 aromatic rings. The number of imidazole rings is 1. The molecular weight excluding hydrogens is 766 g/mol. The molecule has 0 aliphatic heterocycles. The molecule has 4 rings (SSSR count). The van der Waals surface area contributed by atoms with Gasteiger partial charge in [-0.3, -0.25) is 33.6 Å². The van der Waals surface area contributed by atoms with Gasteiger partial charge >= 0.3 is 5.97 Å². The highest BCUT2D eigenvalue weighted by molar-refractivity contribution is 5.97. The van der Waals surface area contributed by atoms with Gasteiger partial charge in [0.2, 0.25) is 41.4 Å². The summed E-state index contributed by atoms with van der Waals surface area (Å²) in [5.41, 5.74) is 13.1. The summed E-state index contributed by atoms with van der Waals surface area (Å²) >= 11 is 0. The summed E-state index contributed by atoms with van der Waals surface area (Å²) in [4.78, 5) is 113. The largest absolute Gasteiger partial charge is 0.480 e. The molecule has 314 valence electrons. The Bertz CT molecular complexity index is 2110. The number of rotatable bonds is 22. The summed E-state index contributed by atoms with van der Waals surface area (Å²) in [5.74, 6) is -6.70. The van der Waals surface area contributed by atoms with Crippen LogP contribution in [0.3, 0.4) is 0 Å². The van der Waals surface area contributed by atoms with Gasteiger partial charge in [0, 0.05) is 54.7 Å². The number of amides is 7. The number of carbonyl (C=O) groups excluding carboxylic acids is 7. The zero-order chi connectivity index (χ0) is 43.1. The van der Waals surface area contributed by atoms with Gasteiger partial charge in [-0.25, -0.2) is 9.78 Å². The maximum atomic E-state index is 14.0. The Hall–Kier alpha value is -7.09. The van der Waals surface area contributed by atoms with E-state index < -0.39 is 83.6 Å². The van der Waals surface area contributed by atoms with E-state index in [1.807, 2.05) is 24.3 Å². The Kier molecular flexibility index (Phi) is 16.2. The molecule has 20 nitrogen and oxygen atoms in total. The molecular formula is C39H49N11O9. The van der Waals surface area contributed by atoms with Gasteiger partial charge in [-0.1, -0.05) is 48.5 Å². The summed E-state index contributed by atoms with van der Waals surface area (Å²) in [6.45, 7) is 2.45. The molecule has 0 saturated heterocycles. The van der Waals surface area contributed by atoms with Crippen LogP contribution in [0.5, 0.6) is 0 Å². The number of fused-ring (bicyclic) bond motifs is 1. The molecule has 7 amide bonds. The van der Waals surface area contributed by atoms with Gasteiger partial charge in [0.25, 0.3) is 0 Å². The van der Waals surface area contributed by atoms with Crippen molar-refractivity contribution in [1.29, 1.82) is 0 Å². The molecule has 0 aliphatic carbocycles. The fraction of sp³-hybridized carbons (Fsp3) is 0.359. The Balaban J connectivity index is 1.54. The minimum absolute atomic E-state index is 0.00241. The minimum Gasteiger partial charge on any atom is -0.480 e. The van der Waals surface area contributed by atoms with E-state index in [2.05, 4.69) is 46.9 Å². The van der Waals surface area contributed by atoms with E-state index in [9.17, 15) is 43.5 Å². The third-order valence-corrected chi connectivity index (χ3v) is 9.26. The van der Waals surface area contributed by atoms with Gasteiger partial charge in [0.05, 0.1) is 12.9 Å². The summed E-state index contributed by atoms with van der Waals surface area (Å²) in [6.07, 6.45) is 3.62. The number of hydrogen-bond donors (Lipinski definition) is 11. The fourth-order valence-corrected chi connectivity index (χ4v) is 6.04. The van der Waals surface area contributed by atoms with Crippen LogP contribution in [-0.4, -0.2) is 110 Å². The Morgan fingerprint density at radius 1 is 0.678 bits per heavy atom. The number of hydrogen-bond acceptors (Lipinski definition) is 10. The number of carbonyl (C=O) groups is 8. The molecule has 0 radical (unpaired) electrons. The second kappa shape index (κ2) is 21.4. The maximum absolute atomic E-state index is 14.0. The Labute approximate surface area is 338 Å². The lowest BCUT2D eigenvalue weighted by molar-refractivity contribution is -0.142. The van der Waals surface area contributed by atoms with Crippen molar-refractivity contribution in [2.75, 3.05) is 6.54 Å². The first-order chi connectivity index (χ1) is 28.1. The zero-order valence-corrected chi connectivity index (χ0v) is 32.5. The standard InChI is InChI=1S/C39H49N11O9/c1-21(45-33(52)17-40)34(53)49-30(15-24-18-43-27-11-7-6-10-26(24)27)36(55)46-22(2)35(54)48-29(14-23-8-4-3-5-9-23)37(56)50-31(16-25-19-42-20-44-25)38(57)47-28(39(58)59)12-13-32(41)51/h3-11,18-22,28-31,43H,12-17,40H2,1-2H3,(H2,41,51)(H,42,44)(H,45,52)(H,46,55)(H,47,57)(H,48,54)(H,49,53)(H,50,56)(H,58,59)/t21-,22-,28-,29-,30-,31-/m0/s1. The quantitative estimate of drug-likeness (QED) is 0.0420. The van der Waals surface area contributed by atoms with Crippen LogP contribution in [0.25, 0.3) is 10.9 Å². The molecule has 2 aromatic heterocycles. The van der Waals surface area contributed by atoms with E-state index >= 15 is 0 Å². The predicted octanol–water partition coefficient (Wildman–Crippen LogP) is -1.82. The van der Waals surface area contributed by atoms with Crippen LogP contribution in [-0.2, 0) is 57.6 Å². The third-order valence-electron chi connectivity index (χ3n) is 9.26. The van der Waals surface area contributed by atoms with Gasteiger partial charge < -0.3 is 58.4 Å². The second-order valence-corrected chi connectivity index (χ2v) is 13.8. The first-order valence-electron chi connectivity index (χ1n) is 18.7. The average Bonchev–Trinajstić information content (AvgIpc) is 3.88. The molecule has 0 saturated carbocycles. The van der Waals surface area contributed by atoms with Gasteiger partial charge in [-0.2, -0.15) is 0 Å². The predicted molar refractivity (Wildman–Crippen MR) is 212 cm³/mol. The van der Waals surface area contributed by atoms with Crippen LogP contribution in [0.1, 0.15) is 43.5 Å². The molecule has 0 spiro atoms. The van der Waals surface area contributed by atoms with Gasteiger partial charge in [-0.05, 0) is 37.5 Å². The number of nitrogens with one attached hydrogen (secondary N) is 8. The lowest BCUT2D eigenvalue weighted by atomic mass is 10.0. The number of aromatic nitrogens is 3. The number of nitrogens with zero attached hydrogens (tertiary/aromatic N) is 1. The van der Waals surface area contributed by atoms with Gasteiger partial charge in [0.15, 0.2) is 0 Å². The lowest BCUT2D eigenvalue weighted by Crippen LogP contribution is -2.59. The Morgan fingerprint density at radius 2 is 1.24 bits per heavy atom. The summed E-state index contributed by atoms with van der Waals surface area (Å²) < 4.78 is 0. The molecule has 20 heteroatoms. The molecule has 0 aliphatic rings. The normalized spacial score (nSPS) is 14.0. The highest BCUT2D eigenvalue weighted by Gasteiger charge is 2.33. The van der Waals surface area contributed by atoms with Crippen LogP contribution >= 0.6 is 0 Å². The van der Waals surface area contributed by atoms with Gasteiger partial charge in [-0.15, -0.1) is 0 Å². The number of primary amides is 1. The first kappa shape index (κ1) is 44.6. The summed E-state index contributed by atoms with van der Waals surface area (Å²) in [6, 6.07) is 8.25. The first-order valence-corrected chi connectivity index (χ1v) is 18.7. The van der Waals surface area contributed by atoms with E-state index in [4.69, 9.17) is 11.5 Å². The maximum Gasteiger partial charge on any atom is 0.326 e. The smallest absolute Gasteiger partial charge is 0.326 e. The number of carboxylic acid groups (broad SMARTS) is 1. The number of para-hydroxylation sites is 1. The molecule has 6 atom stereocenters. The average molecular weight is 816 g/mol. The van der Waals surface area contributed by atoms with Gasteiger partial charge in [0.1, 0.15) is 36.3 Å². The minimum atomic E-state index is -1.50. The van der Waals surface area contributed by atoms with Crippen molar-refractivity contribution in [3.8, 4) is 0 Å². The van der Waals surface area contributed by atoms with Crippen molar-refractivity contribution in [3.05, 3.63) is 90.1 Å². The van der Waals surface area contributed by atoms with Crippen molar-refractivity contribution in [3.63, 3.8) is 0 Å². The van der Waals surface area contributed by atoms with Crippen LogP contribution < -0.4 is 43.4 Å². The van der Waals surface area contributed by atoms with Crippen LogP contribution in [0.4, 0.5) is 0 Å². The summed E-state index contributed by atoms with van der Waals surface area (Å²) in [5, 5.41) is 25.8. The lowest BCUT2D eigenvalue weighted by Gasteiger charge is -2.26. The van der Waals surface area contributed by atoms with Crippen molar-refractivity contribution in [2.45, 2.75) is 82.2 Å². The number of aromatic amines is 2. The highest BCUT2D eigenvalue weighted by atomic mass is 16.4. The van der Waals surface area contributed by atoms with Crippen LogP contribution in [0.2, 0.25) is 0 Å². The van der Waals surface area contributed by atoms with E-state index in [0.717, 1.165) is 10.9 Å². The topological polar surface area (TPSA) is 325 Å². The monoisotopic (exact) mass is 815 g/mol. The molecule has 59 heavy (non-hydrogen) atoms. The molecule has 2 heterocycles.